The van der Waals surface area contributed by atoms with Gasteiger partial charge in [0.1, 0.15) is 5.75 Å². The molecule has 2 N–H and O–H groups in total. The molecule has 5 nitrogen and oxygen atoms in total. The van der Waals surface area contributed by atoms with E-state index in [1.807, 2.05) is 6.92 Å². The summed E-state index contributed by atoms with van der Waals surface area (Å²) >= 11 is 1.15. The highest BCUT2D eigenvalue weighted by molar-refractivity contribution is 7.14. The number of amides is 1. The van der Waals surface area contributed by atoms with Gasteiger partial charge in [-0.15, -0.1) is 11.3 Å². The first-order chi connectivity index (χ1) is 9.06. The van der Waals surface area contributed by atoms with Crippen LogP contribution >= 0.6 is 11.3 Å². The molecule has 0 saturated heterocycles. The van der Waals surface area contributed by atoms with Crippen LogP contribution in [0.5, 0.6) is 5.75 Å². The second kappa shape index (κ2) is 6.06. The van der Waals surface area contributed by atoms with E-state index in [9.17, 15) is 9.59 Å². The number of carbonyl (C=O) groups is 2. The van der Waals surface area contributed by atoms with Crippen molar-refractivity contribution >= 4 is 23.2 Å². The summed E-state index contributed by atoms with van der Waals surface area (Å²) in [5.74, 6) is -0.937. The van der Waals surface area contributed by atoms with Crippen molar-refractivity contribution in [2.45, 2.75) is 38.6 Å². The Morgan fingerprint density at radius 1 is 1.47 bits per heavy atom. The van der Waals surface area contributed by atoms with Gasteiger partial charge in [-0.2, -0.15) is 0 Å². The van der Waals surface area contributed by atoms with Gasteiger partial charge in [0.15, 0.2) is 11.5 Å². The van der Waals surface area contributed by atoms with Gasteiger partial charge in [-0.05, 0) is 25.8 Å². The molecule has 0 aromatic carbocycles. The predicted octanol–water partition coefficient (Wildman–Crippen LogP) is 2.19. The van der Waals surface area contributed by atoms with Crippen LogP contribution in [0.25, 0.3) is 0 Å². The molecule has 1 aromatic rings. The lowest BCUT2D eigenvalue weighted by Crippen LogP contribution is -2.36. The molecule has 1 aliphatic rings. The quantitative estimate of drug-likeness (QED) is 0.868. The van der Waals surface area contributed by atoms with Crippen LogP contribution < -0.4 is 10.1 Å². The lowest BCUT2D eigenvalue weighted by Gasteiger charge is -2.12. The highest BCUT2D eigenvalue weighted by atomic mass is 32.1. The zero-order valence-electron chi connectivity index (χ0n) is 10.8. The molecule has 1 amide bonds. The summed E-state index contributed by atoms with van der Waals surface area (Å²) in [6.07, 6.45) is 4.34. The Morgan fingerprint density at radius 2 is 2.16 bits per heavy atom. The summed E-state index contributed by atoms with van der Waals surface area (Å²) < 4.78 is 5.31. The van der Waals surface area contributed by atoms with E-state index in [1.165, 1.54) is 0 Å². The van der Waals surface area contributed by atoms with Crippen LogP contribution in [0.2, 0.25) is 0 Å². The van der Waals surface area contributed by atoms with Crippen LogP contribution in [0, 0.1) is 6.92 Å². The zero-order valence-corrected chi connectivity index (χ0v) is 11.6. The van der Waals surface area contributed by atoms with Crippen molar-refractivity contribution in [2.75, 3.05) is 6.61 Å². The Bertz CT molecular complexity index is 477. The molecule has 1 fully saturated rings. The molecule has 0 unspecified atom stereocenters. The van der Waals surface area contributed by atoms with Crippen LogP contribution in [-0.2, 0) is 4.79 Å². The lowest BCUT2D eigenvalue weighted by molar-refractivity contribution is -0.123. The van der Waals surface area contributed by atoms with Crippen molar-refractivity contribution in [1.29, 1.82) is 0 Å². The molecule has 104 valence electrons. The third-order valence-electron chi connectivity index (χ3n) is 3.09. The smallest absolute Gasteiger partial charge is 0.349 e. The fourth-order valence-electron chi connectivity index (χ4n) is 2.23. The molecule has 1 aromatic heterocycles. The number of hydrogen-bond acceptors (Lipinski definition) is 4. The number of hydrogen-bond donors (Lipinski definition) is 2. The molecule has 1 saturated carbocycles. The fourth-order valence-corrected chi connectivity index (χ4v) is 3.02. The maximum atomic E-state index is 11.7. The Hall–Kier alpha value is -1.56. The monoisotopic (exact) mass is 283 g/mol. The number of nitrogens with one attached hydrogen (secondary N) is 1. The van der Waals surface area contributed by atoms with Crippen molar-refractivity contribution in [3.63, 3.8) is 0 Å². The molecule has 2 rings (SSSR count). The number of carboxylic acids is 1. The molecule has 0 atom stereocenters. The SMILES string of the molecule is Cc1cc(OCC(=O)NC2CCCC2)c(C(=O)O)s1. The van der Waals surface area contributed by atoms with Gasteiger partial charge in [-0.1, -0.05) is 12.8 Å². The number of carboxylic acid groups (broad SMARTS) is 1. The molecular formula is C13H17NO4S. The van der Waals surface area contributed by atoms with Gasteiger partial charge in [0.2, 0.25) is 0 Å². The van der Waals surface area contributed by atoms with Crippen LogP contribution in [0.1, 0.15) is 40.2 Å². The molecule has 0 aliphatic heterocycles. The van der Waals surface area contributed by atoms with Crippen molar-refractivity contribution < 1.29 is 19.4 Å². The van der Waals surface area contributed by atoms with Gasteiger partial charge in [-0.3, -0.25) is 4.79 Å². The summed E-state index contributed by atoms with van der Waals surface area (Å²) in [5, 5.41) is 11.9. The van der Waals surface area contributed by atoms with Gasteiger partial charge in [0.05, 0.1) is 0 Å². The van der Waals surface area contributed by atoms with Crippen molar-refractivity contribution in [3.8, 4) is 5.75 Å². The van der Waals surface area contributed by atoms with Gasteiger partial charge in [0, 0.05) is 10.9 Å². The molecule has 1 heterocycles. The predicted molar refractivity (Wildman–Crippen MR) is 71.9 cm³/mol. The number of aryl methyl sites for hydroxylation is 1. The summed E-state index contributed by atoms with van der Waals surface area (Å²) in [5.41, 5.74) is 0. The minimum absolute atomic E-state index is 0.132. The number of ether oxygens (including phenoxy) is 1. The molecule has 1 aliphatic carbocycles. The van der Waals surface area contributed by atoms with E-state index >= 15 is 0 Å². The van der Waals surface area contributed by atoms with E-state index < -0.39 is 5.97 Å². The molecule has 19 heavy (non-hydrogen) atoms. The normalized spacial score (nSPS) is 15.4. The van der Waals surface area contributed by atoms with Gasteiger partial charge in [0.25, 0.3) is 5.91 Å². The maximum Gasteiger partial charge on any atom is 0.349 e. The maximum absolute atomic E-state index is 11.7. The number of rotatable bonds is 5. The Morgan fingerprint density at radius 3 is 2.79 bits per heavy atom. The number of thiophene rings is 1. The lowest BCUT2D eigenvalue weighted by atomic mass is 10.2. The van der Waals surface area contributed by atoms with E-state index in [4.69, 9.17) is 9.84 Å². The first-order valence-corrected chi connectivity index (χ1v) is 7.14. The van der Waals surface area contributed by atoms with E-state index in [2.05, 4.69) is 5.32 Å². The van der Waals surface area contributed by atoms with Crippen LogP contribution in [0.3, 0.4) is 0 Å². The molecular weight excluding hydrogens is 266 g/mol. The highest BCUT2D eigenvalue weighted by Crippen LogP contribution is 2.28. The van der Waals surface area contributed by atoms with E-state index in [-0.39, 0.29) is 29.2 Å². The largest absolute Gasteiger partial charge is 0.482 e. The fraction of sp³-hybridized carbons (Fsp3) is 0.538. The highest BCUT2D eigenvalue weighted by Gasteiger charge is 2.19. The van der Waals surface area contributed by atoms with Crippen molar-refractivity contribution in [3.05, 3.63) is 15.8 Å². The average molecular weight is 283 g/mol. The van der Waals surface area contributed by atoms with Gasteiger partial charge < -0.3 is 15.2 Å². The standard InChI is InChI=1S/C13H17NO4S/c1-8-6-10(12(19-8)13(16)17)18-7-11(15)14-9-4-2-3-5-9/h6,9H,2-5,7H2,1H3,(H,14,15)(H,16,17). The second-order valence-electron chi connectivity index (χ2n) is 4.69. The first kappa shape index (κ1) is 13.9. The molecule has 0 spiro atoms. The van der Waals surface area contributed by atoms with Gasteiger partial charge in [-0.25, -0.2) is 4.79 Å². The number of aromatic carboxylic acids is 1. The van der Waals surface area contributed by atoms with E-state index in [0.29, 0.717) is 0 Å². The summed E-state index contributed by atoms with van der Waals surface area (Å²) in [7, 11) is 0. The summed E-state index contributed by atoms with van der Waals surface area (Å²) in [6, 6.07) is 1.90. The first-order valence-electron chi connectivity index (χ1n) is 6.32. The Labute approximate surface area is 115 Å². The zero-order chi connectivity index (χ0) is 13.8. The Balaban J connectivity index is 1.87. The van der Waals surface area contributed by atoms with Crippen molar-refractivity contribution in [2.24, 2.45) is 0 Å². The third-order valence-corrected chi connectivity index (χ3v) is 4.11. The second-order valence-corrected chi connectivity index (χ2v) is 5.95. The summed E-state index contributed by atoms with van der Waals surface area (Å²) in [6.45, 7) is 1.68. The van der Waals surface area contributed by atoms with Crippen LogP contribution in [0.4, 0.5) is 0 Å². The van der Waals surface area contributed by atoms with Gasteiger partial charge >= 0.3 is 5.97 Å². The topological polar surface area (TPSA) is 75.6 Å². The third kappa shape index (κ3) is 3.70. The van der Waals surface area contributed by atoms with E-state index in [0.717, 1.165) is 41.9 Å². The molecule has 6 heteroatoms. The average Bonchev–Trinajstić information content (AvgIpc) is 2.96. The summed E-state index contributed by atoms with van der Waals surface area (Å²) in [4.78, 5) is 23.7. The molecule has 0 bridgehead atoms. The number of carbonyl (C=O) groups excluding carboxylic acids is 1. The van der Waals surface area contributed by atoms with Crippen LogP contribution in [-0.4, -0.2) is 29.6 Å². The molecule has 0 radical (unpaired) electrons. The minimum Gasteiger partial charge on any atom is -0.482 e. The van der Waals surface area contributed by atoms with Crippen LogP contribution in [0.15, 0.2) is 6.07 Å². The van der Waals surface area contributed by atoms with E-state index in [1.54, 1.807) is 6.07 Å². The minimum atomic E-state index is -1.02. The van der Waals surface area contributed by atoms with Crippen molar-refractivity contribution in [1.82, 2.24) is 5.32 Å². The Kier molecular flexibility index (Phi) is 4.42.